The lowest BCUT2D eigenvalue weighted by atomic mass is 10.0. The molecule has 6 nitrogen and oxygen atoms in total. The Labute approximate surface area is 183 Å². The highest BCUT2D eigenvalue weighted by atomic mass is 19.1. The molecule has 0 saturated carbocycles. The summed E-state index contributed by atoms with van der Waals surface area (Å²) in [5, 5.41) is 2.47. The first kappa shape index (κ1) is 20.0. The lowest BCUT2D eigenvalue weighted by Gasteiger charge is -2.12. The number of halogens is 2. The Bertz CT molecular complexity index is 1330. The van der Waals surface area contributed by atoms with E-state index in [0.717, 1.165) is 53.3 Å². The van der Waals surface area contributed by atoms with Crippen molar-refractivity contribution < 1.29 is 13.6 Å². The SMILES string of the molecule is Cc1cn(-c2ccc3c(c2)-c2ncc(NC(=O)c4c(F)cccc4F)nc2CCC3)cn1. The van der Waals surface area contributed by atoms with Gasteiger partial charge in [-0.05, 0) is 56.0 Å². The number of benzene rings is 2. The summed E-state index contributed by atoms with van der Waals surface area (Å²) in [5.74, 6) is -2.61. The molecule has 2 aromatic heterocycles. The van der Waals surface area contributed by atoms with Crippen LogP contribution < -0.4 is 5.32 Å². The van der Waals surface area contributed by atoms with Gasteiger partial charge in [0.05, 0.1) is 29.6 Å². The van der Waals surface area contributed by atoms with Crippen LogP contribution in [0.1, 0.15) is 33.7 Å². The normalized spacial score (nSPS) is 12.6. The zero-order valence-corrected chi connectivity index (χ0v) is 17.3. The second-order valence-electron chi connectivity index (χ2n) is 7.72. The van der Waals surface area contributed by atoms with Crippen LogP contribution in [0, 0.1) is 18.6 Å². The Morgan fingerprint density at radius 3 is 2.66 bits per heavy atom. The summed E-state index contributed by atoms with van der Waals surface area (Å²) in [6.45, 7) is 1.93. The molecule has 32 heavy (non-hydrogen) atoms. The maximum atomic E-state index is 13.9. The molecule has 0 unspecified atom stereocenters. The molecule has 0 atom stereocenters. The number of fused-ring (bicyclic) bond motifs is 3. The summed E-state index contributed by atoms with van der Waals surface area (Å²) in [5.41, 5.74) is 4.87. The van der Waals surface area contributed by atoms with Crippen molar-refractivity contribution in [3.63, 3.8) is 0 Å². The van der Waals surface area contributed by atoms with Crippen molar-refractivity contribution in [3.8, 4) is 16.9 Å². The fourth-order valence-electron chi connectivity index (χ4n) is 3.95. The average Bonchev–Trinajstić information content (AvgIpc) is 3.12. The highest BCUT2D eigenvalue weighted by molar-refractivity contribution is 6.04. The number of carbonyl (C=O) groups is 1. The van der Waals surface area contributed by atoms with Crippen molar-refractivity contribution in [3.05, 3.63) is 89.3 Å². The molecule has 0 saturated heterocycles. The first-order valence-corrected chi connectivity index (χ1v) is 10.2. The number of anilines is 1. The molecule has 0 aliphatic heterocycles. The molecule has 8 heteroatoms. The Morgan fingerprint density at radius 2 is 1.91 bits per heavy atom. The van der Waals surface area contributed by atoms with Crippen LogP contribution in [0.3, 0.4) is 0 Å². The quantitative estimate of drug-likeness (QED) is 0.512. The predicted octanol–water partition coefficient (Wildman–Crippen LogP) is 4.66. The molecule has 1 N–H and O–H groups in total. The van der Waals surface area contributed by atoms with Crippen molar-refractivity contribution in [1.29, 1.82) is 0 Å². The molecular formula is C24H19F2N5O. The van der Waals surface area contributed by atoms with E-state index in [1.165, 1.54) is 17.8 Å². The number of carbonyl (C=O) groups excluding carboxylic acids is 1. The number of nitrogens with zero attached hydrogens (tertiary/aromatic N) is 4. The molecule has 160 valence electrons. The van der Waals surface area contributed by atoms with E-state index in [9.17, 15) is 13.6 Å². The lowest BCUT2D eigenvalue weighted by Crippen LogP contribution is -2.17. The van der Waals surface area contributed by atoms with Crippen LogP contribution in [0.2, 0.25) is 0 Å². The molecule has 0 spiro atoms. The minimum absolute atomic E-state index is 0.154. The fourth-order valence-corrected chi connectivity index (χ4v) is 3.95. The summed E-state index contributed by atoms with van der Waals surface area (Å²) in [6, 6.07) is 9.49. The van der Waals surface area contributed by atoms with Crippen molar-refractivity contribution in [2.24, 2.45) is 0 Å². The van der Waals surface area contributed by atoms with Crippen LogP contribution in [0.4, 0.5) is 14.6 Å². The number of nitrogens with one attached hydrogen (secondary N) is 1. The molecule has 1 aliphatic rings. The molecule has 0 radical (unpaired) electrons. The van der Waals surface area contributed by atoms with Gasteiger partial charge in [0.1, 0.15) is 17.2 Å². The monoisotopic (exact) mass is 431 g/mol. The molecule has 5 rings (SSSR count). The Kier molecular flexibility index (Phi) is 4.97. The first-order chi connectivity index (χ1) is 15.5. The van der Waals surface area contributed by atoms with Crippen molar-refractivity contribution >= 4 is 11.7 Å². The summed E-state index contributed by atoms with van der Waals surface area (Å²) in [6.07, 6.45) is 7.55. The van der Waals surface area contributed by atoms with Crippen molar-refractivity contribution in [2.45, 2.75) is 26.2 Å². The van der Waals surface area contributed by atoms with E-state index in [4.69, 9.17) is 0 Å². The maximum absolute atomic E-state index is 13.9. The van der Waals surface area contributed by atoms with Crippen molar-refractivity contribution in [2.75, 3.05) is 5.32 Å². The Hall–Kier alpha value is -3.94. The van der Waals surface area contributed by atoms with E-state index in [0.29, 0.717) is 6.42 Å². The largest absolute Gasteiger partial charge is 0.306 e. The summed E-state index contributed by atoms with van der Waals surface area (Å²) >= 11 is 0. The number of imidazole rings is 1. The zero-order chi connectivity index (χ0) is 22.2. The minimum atomic E-state index is -0.929. The Balaban J connectivity index is 1.49. The Morgan fingerprint density at radius 1 is 1.09 bits per heavy atom. The molecule has 0 bridgehead atoms. The summed E-state index contributed by atoms with van der Waals surface area (Å²) < 4.78 is 29.8. The number of rotatable bonds is 3. The van der Waals surface area contributed by atoms with Gasteiger partial charge in [-0.15, -0.1) is 0 Å². The van der Waals surface area contributed by atoms with Gasteiger partial charge in [0.25, 0.3) is 5.91 Å². The number of aromatic nitrogens is 4. The fraction of sp³-hybridized carbons (Fsp3) is 0.167. The van der Waals surface area contributed by atoms with Crippen LogP contribution in [0.15, 0.2) is 55.1 Å². The number of amides is 1. The smallest absolute Gasteiger partial charge is 0.262 e. The molecule has 2 heterocycles. The van der Waals surface area contributed by atoms with E-state index in [1.807, 2.05) is 17.7 Å². The van der Waals surface area contributed by atoms with E-state index in [-0.39, 0.29) is 5.82 Å². The summed E-state index contributed by atoms with van der Waals surface area (Å²) in [4.78, 5) is 25.8. The molecular weight excluding hydrogens is 412 g/mol. The van der Waals surface area contributed by atoms with Gasteiger partial charge in [-0.1, -0.05) is 12.1 Å². The maximum Gasteiger partial charge on any atom is 0.262 e. The van der Waals surface area contributed by atoms with Crippen LogP contribution in [0.25, 0.3) is 16.9 Å². The van der Waals surface area contributed by atoms with Gasteiger partial charge in [-0.25, -0.2) is 18.7 Å². The van der Waals surface area contributed by atoms with E-state index in [2.05, 4.69) is 38.5 Å². The van der Waals surface area contributed by atoms with Gasteiger partial charge in [0.2, 0.25) is 0 Å². The van der Waals surface area contributed by atoms with E-state index in [1.54, 1.807) is 6.33 Å². The lowest BCUT2D eigenvalue weighted by molar-refractivity contribution is 0.101. The topological polar surface area (TPSA) is 72.7 Å². The van der Waals surface area contributed by atoms with Gasteiger partial charge < -0.3 is 9.88 Å². The van der Waals surface area contributed by atoms with Crippen LogP contribution in [-0.4, -0.2) is 25.4 Å². The first-order valence-electron chi connectivity index (χ1n) is 10.2. The van der Waals surface area contributed by atoms with Gasteiger partial charge in [0, 0.05) is 17.4 Å². The zero-order valence-electron chi connectivity index (χ0n) is 17.3. The van der Waals surface area contributed by atoms with E-state index < -0.39 is 23.1 Å². The van der Waals surface area contributed by atoms with Gasteiger partial charge >= 0.3 is 0 Å². The second kappa shape index (κ2) is 7.96. The van der Waals surface area contributed by atoms with Crippen LogP contribution in [0.5, 0.6) is 0 Å². The van der Waals surface area contributed by atoms with Crippen LogP contribution in [-0.2, 0) is 12.8 Å². The van der Waals surface area contributed by atoms with Crippen molar-refractivity contribution in [1.82, 2.24) is 19.5 Å². The number of hydrogen-bond donors (Lipinski definition) is 1. The number of aryl methyl sites for hydroxylation is 3. The van der Waals surface area contributed by atoms with Gasteiger partial charge in [-0.3, -0.25) is 9.78 Å². The highest BCUT2D eigenvalue weighted by Gasteiger charge is 2.21. The average molecular weight is 431 g/mol. The van der Waals surface area contributed by atoms with E-state index >= 15 is 0 Å². The highest BCUT2D eigenvalue weighted by Crippen LogP contribution is 2.32. The minimum Gasteiger partial charge on any atom is -0.306 e. The standard InChI is InChI=1S/C24H19F2N5O/c1-14-12-31(13-28-14)16-9-8-15-4-2-7-20-23(17(15)10-16)27-11-21(29-20)30-24(32)22-18(25)5-3-6-19(22)26/h3,5-6,8-13H,2,4,7H2,1H3,(H,29,30,32). The molecule has 1 aliphatic carbocycles. The molecule has 0 fully saturated rings. The third-order valence-corrected chi connectivity index (χ3v) is 5.49. The molecule has 2 aromatic carbocycles. The second-order valence-corrected chi connectivity index (χ2v) is 7.72. The number of hydrogen-bond acceptors (Lipinski definition) is 4. The van der Waals surface area contributed by atoms with Crippen LogP contribution >= 0.6 is 0 Å². The summed E-state index contributed by atoms with van der Waals surface area (Å²) in [7, 11) is 0. The van der Waals surface area contributed by atoms with Gasteiger partial charge in [0.15, 0.2) is 5.82 Å². The third kappa shape index (κ3) is 3.64. The predicted molar refractivity (Wildman–Crippen MR) is 116 cm³/mol. The molecule has 4 aromatic rings. The third-order valence-electron chi connectivity index (χ3n) is 5.49. The molecule has 1 amide bonds. The van der Waals surface area contributed by atoms with Gasteiger partial charge in [-0.2, -0.15) is 0 Å².